The van der Waals surface area contributed by atoms with E-state index in [4.69, 9.17) is 0 Å². The summed E-state index contributed by atoms with van der Waals surface area (Å²) in [5.41, 5.74) is 2.22. The van der Waals surface area contributed by atoms with Crippen LogP contribution in [-0.2, 0) is 17.6 Å². The van der Waals surface area contributed by atoms with E-state index in [-0.39, 0.29) is 18.1 Å². The Kier molecular flexibility index (Phi) is 4.90. The Hall–Kier alpha value is -1.68. The van der Waals surface area contributed by atoms with Gasteiger partial charge in [-0.2, -0.15) is 0 Å². The van der Waals surface area contributed by atoms with Gasteiger partial charge in [-0.3, -0.25) is 4.79 Å². The molecule has 0 saturated heterocycles. The lowest BCUT2D eigenvalue weighted by molar-refractivity contribution is -0.115. The molecular weight excluding hydrogens is 321 g/mol. The van der Waals surface area contributed by atoms with Crippen molar-refractivity contribution in [3.8, 4) is 0 Å². The normalized spacial score (nSPS) is 10.3. The van der Waals surface area contributed by atoms with Crippen LogP contribution in [0.4, 0.5) is 10.1 Å². The minimum Gasteiger partial charge on any atom is -0.326 e. The Labute approximate surface area is 126 Å². The van der Waals surface area contributed by atoms with Gasteiger partial charge in [0.2, 0.25) is 5.91 Å². The minimum atomic E-state index is -0.353. The number of rotatable bonds is 4. The fourth-order valence-electron chi connectivity index (χ4n) is 1.99. The summed E-state index contributed by atoms with van der Waals surface area (Å²) < 4.78 is 14.5. The number of anilines is 1. The van der Waals surface area contributed by atoms with Gasteiger partial charge in [0.25, 0.3) is 0 Å². The zero-order valence-corrected chi connectivity index (χ0v) is 12.7. The average Bonchev–Trinajstić information content (AvgIpc) is 2.43. The molecule has 20 heavy (non-hydrogen) atoms. The molecule has 0 bridgehead atoms. The number of amides is 1. The van der Waals surface area contributed by atoms with Crippen LogP contribution in [0.5, 0.6) is 0 Å². The lowest BCUT2D eigenvalue weighted by Gasteiger charge is -2.10. The van der Waals surface area contributed by atoms with Crippen LogP contribution in [0.2, 0.25) is 0 Å². The zero-order valence-electron chi connectivity index (χ0n) is 11.1. The second kappa shape index (κ2) is 6.66. The fraction of sp³-hybridized carbons (Fsp3) is 0.188. The molecular formula is C16H15BrFNO. The highest BCUT2D eigenvalue weighted by atomic mass is 79.9. The van der Waals surface area contributed by atoms with Crippen LogP contribution in [0.15, 0.2) is 46.9 Å². The highest BCUT2D eigenvalue weighted by Gasteiger charge is 2.10. The second-order valence-electron chi connectivity index (χ2n) is 4.47. The van der Waals surface area contributed by atoms with E-state index in [0.29, 0.717) is 5.56 Å². The van der Waals surface area contributed by atoms with Crippen LogP contribution in [0.25, 0.3) is 0 Å². The largest absolute Gasteiger partial charge is 0.326 e. The Morgan fingerprint density at radius 2 is 1.95 bits per heavy atom. The van der Waals surface area contributed by atoms with E-state index in [2.05, 4.69) is 21.2 Å². The number of nitrogens with one attached hydrogen (secondary N) is 1. The summed E-state index contributed by atoms with van der Waals surface area (Å²) in [4.78, 5) is 12.0. The molecule has 0 aromatic heterocycles. The molecule has 0 aliphatic heterocycles. The smallest absolute Gasteiger partial charge is 0.228 e. The quantitative estimate of drug-likeness (QED) is 0.885. The fourth-order valence-corrected chi connectivity index (χ4v) is 2.39. The van der Waals surface area contributed by atoms with Crippen LogP contribution in [0, 0.1) is 5.82 Å². The molecule has 0 atom stereocenters. The highest BCUT2D eigenvalue weighted by Crippen LogP contribution is 2.22. The van der Waals surface area contributed by atoms with E-state index < -0.39 is 0 Å². The van der Waals surface area contributed by atoms with E-state index in [1.54, 1.807) is 18.2 Å². The van der Waals surface area contributed by atoms with Crippen LogP contribution in [0.3, 0.4) is 0 Å². The van der Waals surface area contributed by atoms with Crippen molar-refractivity contribution in [2.75, 3.05) is 5.32 Å². The summed E-state index contributed by atoms with van der Waals surface area (Å²) in [6.07, 6.45) is 0.848. The monoisotopic (exact) mass is 335 g/mol. The summed E-state index contributed by atoms with van der Waals surface area (Å²) in [5, 5.41) is 2.84. The molecule has 0 unspecified atom stereocenters. The summed E-state index contributed by atoms with van der Waals surface area (Å²) in [7, 11) is 0. The molecule has 2 aromatic rings. The van der Waals surface area contributed by atoms with E-state index in [1.807, 2.05) is 25.1 Å². The van der Waals surface area contributed by atoms with Crippen molar-refractivity contribution in [1.29, 1.82) is 0 Å². The molecule has 0 spiro atoms. The predicted octanol–water partition coefficient (Wildman–Crippen LogP) is 4.33. The maximum Gasteiger partial charge on any atom is 0.228 e. The lowest BCUT2D eigenvalue weighted by Crippen LogP contribution is -2.16. The van der Waals surface area contributed by atoms with Gasteiger partial charge in [0.05, 0.1) is 6.42 Å². The number of carbonyl (C=O) groups is 1. The van der Waals surface area contributed by atoms with Crippen molar-refractivity contribution in [3.63, 3.8) is 0 Å². The second-order valence-corrected chi connectivity index (χ2v) is 5.39. The third kappa shape index (κ3) is 3.67. The third-order valence-corrected chi connectivity index (χ3v) is 3.52. The molecule has 4 heteroatoms. The average molecular weight is 336 g/mol. The van der Waals surface area contributed by atoms with Gasteiger partial charge >= 0.3 is 0 Å². The van der Waals surface area contributed by atoms with E-state index in [1.165, 1.54) is 6.07 Å². The molecule has 0 aliphatic rings. The van der Waals surface area contributed by atoms with Crippen molar-refractivity contribution >= 4 is 27.5 Å². The third-order valence-electron chi connectivity index (χ3n) is 3.03. The van der Waals surface area contributed by atoms with Crippen LogP contribution in [0.1, 0.15) is 18.1 Å². The molecule has 0 saturated carbocycles. The van der Waals surface area contributed by atoms with Gasteiger partial charge in [0.1, 0.15) is 5.82 Å². The van der Waals surface area contributed by atoms with Crippen LogP contribution >= 0.6 is 15.9 Å². The summed E-state index contributed by atoms with van der Waals surface area (Å²) >= 11 is 3.40. The highest BCUT2D eigenvalue weighted by molar-refractivity contribution is 9.10. The van der Waals surface area contributed by atoms with Gasteiger partial charge in [-0.15, -0.1) is 0 Å². The van der Waals surface area contributed by atoms with E-state index >= 15 is 0 Å². The molecule has 2 rings (SSSR count). The molecule has 1 N–H and O–H groups in total. The number of hydrogen-bond donors (Lipinski definition) is 1. The first kappa shape index (κ1) is 14.7. The van der Waals surface area contributed by atoms with E-state index in [9.17, 15) is 9.18 Å². The number of benzene rings is 2. The van der Waals surface area contributed by atoms with Gasteiger partial charge < -0.3 is 5.32 Å². The maximum atomic E-state index is 13.5. The molecule has 2 nitrogen and oxygen atoms in total. The van der Waals surface area contributed by atoms with Crippen LogP contribution < -0.4 is 5.32 Å². The SMILES string of the molecule is CCc1cc(Br)ccc1NC(=O)Cc1ccccc1F. The zero-order chi connectivity index (χ0) is 14.5. The molecule has 0 aliphatic carbocycles. The van der Waals surface area contributed by atoms with Gasteiger partial charge in [-0.05, 0) is 41.8 Å². The summed E-state index contributed by atoms with van der Waals surface area (Å²) in [5.74, 6) is -0.568. The van der Waals surface area contributed by atoms with Crippen molar-refractivity contribution < 1.29 is 9.18 Å². The van der Waals surface area contributed by atoms with Gasteiger partial charge in [-0.25, -0.2) is 4.39 Å². The van der Waals surface area contributed by atoms with Crippen molar-refractivity contribution in [2.45, 2.75) is 19.8 Å². The molecule has 0 heterocycles. The maximum absolute atomic E-state index is 13.5. The Bertz CT molecular complexity index is 628. The van der Waals surface area contributed by atoms with Gasteiger partial charge in [0.15, 0.2) is 0 Å². The first-order valence-corrected chi connectivity index (χ1v) is 7.21. The molecule has 104 valence electrons. The first-order valence-electron chi connectivity index (χ1n) is 6.42. The lowest BCUT2D eigenvalue weighted by atomic mass is 10.1. The Morgan fingerprint density at radius 1 is 1.20 bits per heavy atom. The summed E-state index contributed by atoms with van der Waals surface area (Å²) in [6, 6.07) is 12.0. The number of hydrogen-bond acceptors (Lipinski definition) is 1. The van der Waals surface area contributed by atoms with E-state index in [0.717, 1.165) is 22.1 Å². The first-order chi connectivity index (χ1) is 9.60. The standard InChI is InChI=1S/C16H15BrFNO/c1-2-11-9-13(17)7-8-15(11)19-16(20)10-12-5-3-4-6-14(12)18/h3-9H,2,10H2,1H3,(H,19,20). The number of aryl methyl sites for hydroxylation is 1. The Balaban J connectivity index is 2.11. The topological polar surface area (TPSA) is 29.1 Å². The Morgan fingerprint density at radius 3 is 2.65 bits per heavy atom. The van der Waals surface area contributed by atoms with Crippen LogP contribution in [-0.4, -0.2) is 5.91 Å². The summed E-state index contributed by atoms with van der Waals surface area (Å²) in [6.45, 7) is 2.02. The molecule has 2 aromatic carbocycles. The number of carbonyl (C=O) groups excluding carboxylic acids is 1. The van der Waals surface area contributed by atoms with Crippen molar-refractivity contribution in [3.05, 3.63) is 63.9 Å². The minimum absolute atomic E-state index is 0.0336. The molecule has 1 amide bonds. The van der Waals surface area contributed by atoms with Gasteiger partial charge in [0, 0.05) is 10.2 Å². The predicted molar refractivity (Wildman–Crippen MR) is 82.3 cm³/mol. The van der Waals surface area contributed by atoms with Crippen molar-refractivity contribution in [1.82, 2.24) is 0 Å². The number of halogens is 2. The van der Waals surface area contributed by atoms with Gasteiger partial charge in [-0.1, -0.05) is 41.1 Å². The van der Waals surface area contributed by atoms with Crippen molar-refractivity contribution in [2.24, 2.45) is 0 Å². The molecule has 0 fully saturated rings. The molecule has 0 radical (unpaired) electrons.